The van der Waals surface area contributed by atoms with E-state index >= 15 is 0 Å². The number of morpholine rings is 1. The molecular formula is C18H26F3N3O5S. The number of hydrogen-bond donors (Lipinski definition) is 2. The van der Waals surface area contributed by atoms with Crippen molar-refractivity contribution < 1.29 is 35.9 Å². The van der Waals surface area contributed by atoms with E-state index in [1.165, 1.54) is 0 Å². The van der Waals surface area contributed by atoms with Gasteiger partial charge in [-0.1, -0.05) is 0 Å². The molecule has 1 aliphatic heterocycles. The molecule has 1 saturated heterocycles. The summed E-state index contributed by atoms with van der Waals surface area (Å²) in [5.41, 5.74) is 0. The molecule has 0 saturated carbocycles. The molecular weight excluding hydrogens is 427 g/mol. The number of rotatable bonds is 11. The first-order chi connectivity index (χ1) is 14.2. The summed E-state index contributed by atoms with van der Waals surface area (Å²) >= 11 is 0. The fourth-order valence-corrected chi connectivity index (χ4v) is 3.84. The molecule has 1 aliphatic rings. The summed E-state index contributed by atoms with van der Waals surface area (Å²) < 4.78 is 71.9. The highest BCUT2D eigenvalue weighted by atomic mass is 32.2. The molecule has 2 rings (SSSR count). The lowest BCUT2D eigenvalue weighted by Gasteiger charge is -2.26. The molecule has 0 atom stereocenters. The standard InChI is InChI=1S/C18H26F3N3O5S/c19-18(20,21)29-15-3-5-16(6-4-15)30(26,27)23-9-7-17(25)22-8-1-2-10-24-11-13-28-14-12-24/h3-6,23H,1-2,7-14H2,(H,22,25). The largest absolute Gasteiger partial charge is 0.573 e. The van der Waals surface area contributed by atoms with Crippen LogP contribution in [0.4, 0.5) is 13.2 Å². The Bertz CT molecular complexity index is 766. The number of alkyl halides is 3. The van der Waals surface area contributed by atoms with Gasteiger partial charge in [-0.15, -0.1) is 13.2 Å². The third-order valence-electron chi connectivity index (χ3n) is 4.34. The number of carbonyl (C=O) groups excluding carboxylic acids is 1. The summed E-state index contributed by atoms with van der Waals surface area (Å²) in [6.45, 7) is 4.68. The Morgan fingerprint density at radius 2 is 1.77 bits per heavy atom. The van der Waals surface area contributed by atoms with Gasteiger partial charge in [-0.2, -0.15) is 0 Å². The first kappa shape index (κ1) is 24.4. The van der Waals surface area contributed by atoms with E-state index in [9.17, 15) is 26.4 Å². The van der Waals surface area contributed by atoms with E-state index in [1.54, 1.807) is 0 Å². The zero-order valence-electron chi connectivity index (χ0n) is 16.4. The Hall–Kier alpha value is -1.89. The van der Waals surface area contributed by atoms with Gasteiger partial charge < -0.3 is 14.8 Å². The molecule has 1 aromatic carbocycles. The number of nitrogens with one attached hydrogen (secondary N) is 2. The van der Waals surface area contributed by atoms with Crippen molar-refractivity contribution >= 4 is 15.9 Å². The van der Waals surface area contributed by atoms with Crippen molar-refractivity contribution in [1.82, 2.24) is 14.9 Å². The SMILES string of the molecule is O=C(CCNS(=O)(=O)c1ccc(OC(F)(F)F)cc1)NCCCCN1CCOCC1. The van der Waals surface area contributed by atoms with Gasteiger partial charge in [0.25, 0.3) is 0 Å². The average molecular weight is 453 g/mol. The first-order valence-corrected chi connectivity index (χ1v) is 11.1. The van der Waals surface area contributed by atoms with E-state index in [1.807, 2.05) is 0 Å². The lowest BCUT2D eigenvalue weighted by molar-refractivity contribution is -0.274. The second-order valence-electron chi connectivity index (χ2n) is 6.68. The Labute approximate surface area is 173 Å². The van der Waals surface area contributed by atoms with Crippen LogP contribution in [0.25, 0.3) is 0 Å². The Kier molecular flexibility index (Phi) is 9.34. The fourth-order valence-electron chi connectivity index (χ4n) is 2.80. The first-order valence-electron chi connectivity index (χ1n) is 9.58. The lowest BCUT2D eigenvalue weighted by atomic mass is 10.2. The topological polar surface area (TPSA) is 97.0 Å². The summed E-state index contributed by atoms with van der Waals surface area (Å²) in [6, 6.07) is 3.81. The quantitative estimate of drug-likeness (QED) is 0.493. The minimum absolute atomic E-state index is 0.0437. The van der Waals surface area contributed by atoms with Crippen LogP contribution in [0.2, 0.25) is 0 Å². The van der Waals surface area contributed by atoms with E-state index in [0.29, 0.717) is 6.54 Å². The Morgan fingerprint density at radius 1 is 1.10 bits per heavy atom. The highest BCUT2D eigenvalue weighted by Gasteiger charge is 2.31. The Morgan fingerprint density at radius 3 is 2.40 bits per heavy atom. The van der Waals surface area contributed by atoms with E-state index in [-0.39, 0.29) is 23.8 Å². The number of unbranched alkanes of at least 4 members (excludes halogenated alkanes) is 1. The average Bonchev–Trinajstić information content (AvgIpc) is 2.67. The number of carbonyl (C=O) groups is 1. The zero-order valence-corrected chi connectivity index (χ0v) is 17.2. The van der Waals surface area contributed by atoms with Gasteiger partial charge >= 0.3 is 6.36 Å². The van der Waals surface area contributed by atoms with Crippen LogP contribution < -0.4 is 14.8 Å². The fraction of sp³-hybridized carbons (Fsp3) is 0.611. The van der Waals surface area contributed by atoms with Crippen molar-refractivity contribution in [3.05, 3.63) is 24.3 Å². The number of amides is 1. The van der Waals surface area contributed by atoms with Crippen molar-refractivity contribution in [2.24, 2.45) is 0 Å². The number of ether oxygens (including phenoxy) is 2. The van der Waals surface area contributed by atoms with E-state index in [2.05, 4.69) is 19.7 Å². The van der Waals surface area contributed by atoms with Crippen LogP contribution in [-0.4, -0.2) is 71.5 Å². The molecule has 2 N–H and O–H groups in total. The maximum atomic E-state index is 12.1. The predicted molar refractivity (Wildman–Crippen MR) is 102 cm³/mol. The smallest absolute Gasteiger partial charge is 0.406 e. The van der Waals surface area contributed by atoms with E-state index in [4.69, 9.17) is 4.74 Å². The van der Waals surface area contributed by atoms with Gasteiger partial charge in [0.1, 0.15) is 5.75 Å². The minimum atomic E-state index is -4.85. The molecule has 12 heteroatoms. The summed E-state index contributed by atoms with van der Waals surface area (Å²) in [5.74, 6) is -0.799. The van der Waals surface area contributed by atoms with Crippen molar-refractivity contribution in [1.29, 1.82) is 0 Å². The second kappa shape index (κ2) is 11.5. The van der Waals surface area contributed by atoms with Crippen LogP contribution in [0.3, 0.4) is 0 Å². The highest BCUT2D eigenvalue weighted by molar-refractivity contribution is 7.89. The number of nitrogens with zero attached hydrogens (tertiary/aromatic N) is 1. The van der Waals surface area contributed by atoms with Gasteiger partial charge in [0.2, 0.25) is 15.9 Å². The van der Waals surface area contributed by atoms with Gasteiger partial charge in [-0.05, 0) is 43.7 Å². The molecule has 0 aliphatic carbocycles. The summed E-state index contributed by atoms with van der Waals surface area (Å²) in [4.78, 5) is 13.9. The normalized spacial score (nSPS) is 15.7. The van der Waals surface area contributed by atoms with Crippen LogP contribution in [0.1, 0.15) is 19.3 Å². The third kappa shape index (κ3) is 9.28. The highest BCUT2D eigenvalue weighted by Crippen LogP contribution is 2.23. The van der Waals surface area contributed by atoms with Crippen LogP contribution in [-0.2, 0) is 19.6 Å². The van der Waals surface area contributed by atoms with Crippen LogP contribution in [0.15, 0.2) is 29.2 Å². The van der Waals surface area contributed by atoms with Gasteiger partial charge in [-0.3, -0.25) is 9.69 Å². The molecule has 1 aromatic rings. The molecule has 1 heterocycles. The molecule has 0 bridgehead atoms. The molecule has 0 aromatic heterocycles. The van der Waals surface area contributed by atoms with Crippen LogP contribution in [0, 0.1) is 0 Å². The number of benzene rings is 1. The summed E-state index contributed by atoms with van der Waals surface area (Å²) in [7, 11) is -3.94. The predicted octanol–water partition coefficient (Wildman–Crippen LogP) is 1.48. The number of sulfonamides is 1. The molecule has 30 heavy (non-hydrogen) atoms. The van der Waals surface area contributed by atoms with Crippen LogP contribution in [0.5, 0.6) is 5.75 Å². The van der Waals surface area contributed by atoms with Gasteiger partial charge in [0.15, 0.2) is 0 Å². The van der Waals surface area contributed by atoms with Gasteiger partial charge in [-0.25, -0.2) is 13.1 Å². The second-order valence-corrected chi connectivity index (χ2v) is 8.45. The van der Waals surface area contributed by atoms with Crippen molar-refractivity contribution in [2.75, 3.05) is 45.9 Å². The van der Waals surface area contributed by atoms with Crippen LogP contribution >= 0.6 is 0 Å². The maximum Gasteiger partial charge on any atom is 0.573 e. The number of hydrogen-bond acceptors (Lipinski definition) is 6. The van der Waals surface area contributed by atoms with Crippen molar-refractivity contribution in [2.45, 2.75) is 30.5 Å². The zero-order chi connectivity index (χ0) is 22.0. The summed E-state index contributed by atoms with van der Waals surface area (Å²) in [5, 5.41) is 2.74. The monoisotopic (exact) mass is 453 g/mol. The van der Waals surface area contributed by atoms with E-state index < -0.39 is 22.1 Å². The molecule has 1 amide bonds. The van der Waals surface area contributed by atoms with E-state index in [0.717, 1.165) is 70.0 Å². The van der Waals surface area contributed by atoms with Crippen molar-refractivity contribution in [3.8, 4) is 5.75 Å². The van der Waals surface area contributed by atoms with Gasteiger partial charge in [0.05, 0.1) is 18.1 Å². The molecule has 0 radical (unpaired) electrons. The molecule has 0 spiro atoms. The third-order valence-corrected chi connectivity index (χ3v) is 5.82. The molecule has 1 fully saturated rings. The minimum Gasteiger partial charge on any atom is -0.406 e. The van der Waals surface area contributed by atoms with Crippen molar-refractivity contribution in [3.63, 3.8) is 0 Å². The Balaban J connectivity index is 1.62. The molecule has 8 nitrogen and oxygen atoms in total. The molecule has 170 valence electrons. The van der Waals surface area contributed by atoms with Gasteiger partial charge in [0, 0.05) is 32.6 Å². The maximum absolute atomic E-state index is 12.1. The molecule has 0 unspecified atom stereocenters. The number of halogens is 3. The lowest BCUT2D eigenvalue weighted by Crippen LogP contribution is -2.37. The summed E-state index contributed by atoms with van der Waals surface area (Å²) in [6.07, 6.45) is -3.13.